The fraction of sp³-hybridized carbons (Fsp3) is 0.636. The molecule has 0 bridgehead atoms. The molecule has 0 N–H and O–H groups in total. The SMILES string of the molecule is CCC1(CC)OC(=O)C(CBr)=C1C(=O)OC. The number of methoxy groups -OCH3 is 1. The second kappa shape index (κ2) is 4.99. The van der Waals surface area contributed by atoms with Crippen molar-refractivity contribution in [2.24, 2.45) is 0 Å². The number of halogens is 1. The topological polar surface area (TPSA) is 52.6 Å². The number of hydrogen-bond acceptors (Lipinski definition) is 4. The monoisotopic (exact) mass is 290 g/mol. The molecular formula is C11H15BrO4. The van der Waals surface area contributed by atoms with Crippen molar-refractivity contribution in [3.8, 4) is 0 Å². The average Bonchev–Trinajstić information content (AvgIpc) is 2.61. The Kier molecular flexibility index (Phi) is 4.13. The van der Waals surface area contributed by atoms with Crippen molar-refractivity contribution < 1.29 is 19.1 Å². The molecule has 0 aliphatic carbocycles. The summed E-state index contributed by atoms with van der Waals surface area (Å²) in [6.07, 6.45) is 1.13. The van der Waals surface area contributed by atoms with Crippen molar-refractivity contribution >= 4 is 27.9 Å². The smallest absolute Gasteiger partial charge is 0.338 e. The van der Waals surface area contributed by atoms with Gasteiger partial charge in [0.25, 0.3) is 0 Å². The molecule has 1 aliphatic heterocycles. The van der Waals surface area contributed by atoms with Crippen LogP contribution in [0.1, 0.15) is 26.7 Å². The summed E-state index contributed by atoms with van der Waals surface area (Å²) in [6.45, 7) is 3.77. The number of hydrogen-bond donors (Lipinski definition) is 0. The van der Waals surface area contributed by atoms with Gasteiger partial charge in [-0.3, -0.25) is 0 Å². The normalized spacial score (nSPS) is 18.6. The molecule has 0 aromatic rings. The first-order valence-electron chi connectivity index (χ1n) is 5.17. The number of esters is 2. The molecule has 0 fully saturated rings. The van der Waals surface area contributed by atoms with Gasteiger partial charge in [0.2, 0.25) is 0 Å². The van der Waals surface area contributed by atoms with Crippen LogP contribution in [0, 0.1) is 0 Å². The molecule has 0 aromatic heterocycles. The van der Waals surface area contributed by atoms with E-state index >= 15 is 0 Å². The Morgan fingerprint density at radius 1 is 1.44 bits per heavy atom. The third kappa shape index (κ3) is 1.88. The van der Waals surface area contributed by atoms with Crippen LogP contribution >= 0.6 is 15.9 Å². The maximum Gasteiger partial charge on any atom is 0.338 e. The molecule has 0 unspecified atom stereocenters. The van der Waals surface area contributed by atoms with Crippen LogP contribution in [0.15, 0.2) is 11.1 Å². The molecule has 1 aliphatic rings. The Balaban J connectivity index is 3.31. The summed E-state index contributed by atoms with van der Waals surface area (Å²) in [4.78, 5) is 23.4. The van der Waals surface area contributed by atoms with Gasteiger partial charge < -0.3 is 9.47 Å². The van der Waals surface area contributed by atoms with E-state index < -0.39 is 17.5 Å². The second-order valence-electron chi connectivity index (χ2n) is 3.57. The molecule has 0 atom stereocenters. The highest BCUT2D eigenvalue weighted by Gasteiger charge is 2.48. The fourth-order valence-electron chi connectivity index (χ4n) is 1.95. The number of carbonyl (C=O) groups excluding carboxylic acids is 2. The van der Waals surface area contributed by atoms with Crippen molar-refractivity contribution in [3.05, 3.63) is 11.1 Å². The lowest BCUT2D eigenvalue weighted by Gasteiger charge is -2.27. The number of rotatable bonds is 4. The van der Waals surface area contributed by atoms with E-state index in [9.17, 15) is 9.59 Å². The highest BCUT2D eigenvalue weighted by atomic mass is 79.9. The zero-order chi connectivity index (χ0) is 12.3. The van der Waals surface area contributed by atoms with Gasteiger partial charge in [-0.05, 0) is 12.8 Å². The Bertz CT molecular complexity index is 342. The molecule has 5 heteroatoms. The lowest BCUT2D eigenvalue weighted by molar-refractivity contribution is -0.149. The van der Waals surface area contributed by atoms with Gasteiger partial charge in [0, 0.05) is 5.33 Å². The van der Waals surface area contributed by atoms with Gasteiger partial charge in [0.05, 0.1) is 18.3 Å². The van der Waals surface area contributed by atoms with Crippen LogP contribution in [0.25, 0.3) is 0 Å². The van der Waals surface area contributed by atoms with Gasteiger partial charge in [0.15, 0.2) is 0 Å². The lowest BCUT2D eigenvalue weighted by Crippen LogP contribution is -2.34. The molecule has 1 heterocycles. The lowest BCUT2D eigenvalue weighted by atomic mass is 9.87. The Hall–Kier alpha value is -0.840. The summed E-state index contributed by atoms with van der Waals surface area (Å²) in [6, 6.07) is 0. The van der Waals surface area contributed by atoms with E-state index in [1.165, 1.54) is 7.11 Å². The van der Waals surface area contributed by atoms with E-state index in [0.29, 0.717) is 29.3 Å². The molecule has 0 spiro atoms. The zero-order valence-electron chi connectivity index (χ0n) is 9.63. The quantitative estimate of drug-likeness (QED) is 0.587. The van der Waals surface area contributed by atoms with E-state index in [2.05, 4.69) is 15.9 Å². The first-order chi connectivity index (χ1) is 7.56. The molecule has 16 heavy (non-hydrogen) atoms. The number of ether oxygens (including phenoxy) is 2. The van der Waals surface area contributed by atoms with Crippen LogP contribution in [0.2, 0.25) is 0 Å². The number of carbonyl (C=O) groups is 2. The Labute approximate surface area is 103 Å². The van der Waals surface area contributed by atoms with Crippen LogP contribution in [-0.4, -0.2) is 30.0 Å². The predicted molar refractivity (Wildman–Crippen MR) is 62.2 cm³/mol. The minimum atomic E-state index is -0.812. The molecule has 0 radical (unpaired) electrons. The van der Waals surface area contributed by atoms with Crippen molar-refractivity contribution in [2.75, 3.05) is 12.4 Å². The van der Waals surface area contributed by atoms with Crippen molar-refractivity contribution in [1.82, 2.24) is 0 Å². The Morgan fingerprint density at radius 3 is 2.38 bits per heavy atom. The molecule has 0 saturated heterocycles. The predicted octanol–water partition coefficient (Wildman–Crippen LogP) is 1.97. The first kappa shape index (κ1) is 13.2. The minimum absolute atomic E-state index is 0.304. The minimum Gasteiger partial charge on any atom is -0.466 e. The fourth-order valence-corrected chi connectivity index (χ4v) is 2.46. The molecule has 4 nitrogen and oxygen atoms in total. The van der Waals surface area contributed by atoms with Gasteiger partial charge in [0.1, 0.15) is 5.60 Å². The second-order valence-corrected chi connectivity index (χ2v) is 4.13. The summed E-state index contributed by atoms with van der Waals surface area (Å²) in [7, 11) is 1.31. The van der Waals surface area contributed by atoms with Crippen molar-refractivity contribution in [3.63, 3.8) is 0 Å². The first-order valence-corrected chi connectivity index (χ1v) is 6.29. The van der Waals surface area contributed by atoms with E-state index in [1.807, 2.05) is 13.8 Å². The molecule has 1 rings (SSSR count). The third-order valence-electron chi connectivity index (χ3n) is 2.96. The third-order valence-corrected chi connectivity index (χ3v) is 3.52. The van der Waals surface area contributed by atoms with Gasteiger partial charge >= 0.3 is 11.9 Å². The maximum absolute atomic E-state index is 11.7. The average molecular weight is 291 g/mol. The van der Waals surface area contributed by atoms with Crippen LogP contribution < -0.4 is 0 Å². The summed E-state index contributed by atoms with van der Waals surface area (Å²) in [5.74, 6) is -0.912. The van der Waals surface area contributed by atoms with E-state index in [0.717, 1.165) is 0 Å². The van der Waals surface area contributed by atoms with E-state index in [1.54, 1.807) is 0 Å². The molecular weight excluding hydrogens is 276 g/mol. The maximum atomic E-state index is 11.7. The largest absolute Gasteiger partial charge is 0.466 e. The summed E-state index contributed by atoms with van der Waals surface area (Å²) in [5, 5.41) is 0.304. The van der Waals surface area contributed by atoms with Gasteiger partial charge in [-0.1, -0.05) is 29.8 Å². The van der Waals surface area contributed by atoms with Gasteiger partial charge in [-0.25, -0.2) is 9.59 Å². The molecule has 0 aromatic carbocycles. The number of cyclic esters (lactones) is 1. The molecule has 0 saturated carbocycles. The molecule has 0 amide bonds. The van der Waals surface area contributed by atoms with Crippen molar-refractivity contribution in [2.45, 2.75) is 32.3 Å². The summed E-state index contributed by atoms with van der Waals surface area (Å²) in [5.41, 5.74) is -0.0785. The standard InChI is InChI=1S/C11H15BrO4/c1-4-11(5-2)8(10(14)15-3)7(6-12)9(13)16-11/h4-6H2,1-3H3. The Morgan fingerprint density at radius 2 is 2.00 bits per heavy atom. The highest BCUT2D eigenvalue weighted by molar-refractivity contribution is 9.09. The molecule has 90 valence electrons. The zero-order valence-corrected chi connectivity index (χ0v) is 11.2. The van der Waals surface area contributed by atoms with Crippen LogP contribution in [0.3, 0.4) is 0 Å². The van der Waals surface area contributed by atoms with Gasteiger partial charge in [-0.2, -0.15) is 0 Å². The van der Waals surface area contributed by atoms with Crippen LogP contribution in [0.5, 0.6) is 0 Å². The number of alkyl halides is 1. The van der Waals surface area contributed by atoms with Crippen LogP contribution in [-0.2, 0) is 19.1 Å². The summed E-state index contributed by atoms with van der Waals surface area (Å²) >= 11 is 3.20. The van der Waals surface area contributed by atoms with Gasteiger partial charge in [-0.15, -0.1) is 0 Å². The highest BCUT2D eigenvalue weighted by Crippen LogP contribution is 2.39. The van der Waals surface area contributed by atoms with E-state index in [4.69, 9.17) is 9.47 Å². The summed E-state index contributed by atoms with van der Waals surface area (Å²) < 4.78 is 10.1. The van der Waals surface area contributed by atoms with Crippen LogP contribution in [0.4, 0.5) is 0 Å². The van der Waals surface area contributed by atoms with E-state index in [-0.39, 0.29) is 0 Å². The van der Waals surface area contributed by atoms with Crippen molar-refractivity contribution in [1.29, 1.82) is 0 Å².